The molecule has 0 radical (unpaired) electrons. The van der Waals surface area contributed by atoms with Gasteiger partial charge >= 0.3 is 0 Å². The summed E-state index contributed by atoms with van der Waals surface area (Å²) in [6.45, 7) is 5.92. The van der Waals surface area contributed by atoms with Crippen molar-refractivity contribution < 1.29 is 43.0 Å². The van der Waals surface area contributed by atoms with Crippen molar-refractivity contribution in [2.45, 2.75) is 108 Å². The largest absolute Gasteiger partial charge is 0.483 e. The van der Waals surface area contributed by atoms with Crippen LogP contribution in [0.25, 0.3) is 0 Å². The number of hydrogen-bond donors (Lipinski definition) is 6. The number of nitrogens with one attached hydrogen (secondary N) is 6. The summed E-state index contributed by atoms with van der Waals surface area (Å²) < 4.78 is 16.6. The van der Waals surface area contributed by atoms with Crippen molar-refractivity contribution in [2.24, 2.45) is 5.92 Å². The van der Waals surface area contributed by atoms with E-state index < -0.39 is 42.2 Å². The summed E-state index contributed by atoms with van der Waals surface area (Å²) in [6, 6.07) is 4.29. The molecule has 6 atom stereocenters. The van der Waals surface area contributed by atoms with Crippen LogP contribution in [0, 0.1) is 5.92 Å². The topological polar surface area (TPSA) is 209 Å². The molecule has 5 aliphatic rings. The number of piperidine rings is 1. The van der Waals surface area contributed by atoms with E-state index in [9.17, 15) is 28.8 Å². The second-order valence-electron chi connectivity index (χ2n) is 14.6. The molecule has 6 amide bonds. The van der Waals surface area contributed by atoms with Gasteiger partial charge in [-0.05, 0) is 56.6 Å². The van der Waals surface area contributed by atoms with Crippen molar-refractivity contribution >= 4 is 35.4 Å². The Kier molecular flexibility index (Phi) is 13.6. The molecule has 6 rings (SSSR count). The fraction of sp³-hybridized carbons (Fsp3) is 0.676. The predicted octanol–water partition coefficient (Wildman–Crippen LogP) is -0.0965. The summed E-state index contributed by atoms with van der Waals surface area (Å²) in [7, 11) is 0. The molecule has 0 aromatic heterocycles. The zero-order chi connectivity index (χ0) is 38.2. The molecule has 1 aromatic rings. The lowest BCUT2D eigenvalue weighted by atomic mass is 9.89. The van der Waals surface area contributed by atoms with Crippen LogP contribution in [-0.4, -0.2) is 128 Å². The van der Waals surface area contributed by atoms with Crippen molar-refractivity contribution in [2.75, 3.05) is 46.1 Å². The molecule has 4 fully saturated rings. The van der Waals surface area contributed by atoms with Crippen molar-refractivity contribution in [1.82, 2.24) is 41.9 Å². The first-order chi connectivity index (χ1) is 26.2. The van der Waals surface area contributed by atoms with Crippen LogP contribution in [0.4, 0.5) is 0 Å². The highest BCUT2D eigenvalue weighted by Crippen LogP contribution is 2.34. The van der Waals surface area contributed by atoms with E-state index in [1.54, 1.807) is 0 Å². The highest BCUT2D eigenvalue weighted by molar-refractivity contribution is 6.24. The molecule has 54 heavy (non-hydrogen) atoms. The highest BCUT2D eigenvalue weighted by atomic mass is 16.5. The maximum Gasteiger partial charge on any atom is 0.266 e. The summed E-state index contributed by atoms with van der Waals surface area (Å²) in [5.41, 5.74) is 3.59. The summed E-state index contributed by atoms with van der Waals surface area (Å²) in [4.78, 5) is 75.8. The molecule has 4 aliphatic heterocycles. The minimum Gasteiger partial charge on any atom is -0.483 e. The number of ether oxygens (including phenoxy) is 3. The van der Waals surface area contributed by atoms with Gasteiger partial charge in [0.15, 0.2) is 6.61 Å². The number of benzene rings is 1. The Balaban J connectivity index is 0.818. The summed E-state index contributed by atoms with van der Waals surface area (Å²) in [5.74, 6) is -2.45. The number of hydrogen-bond acceptors (Lipinski definition) is 13. The second-order valence-corrected chi connectivity index (χ2v) is 14.6. The lowest BCUT2D eigenvalue weighted by Crippen LogP contribution is -2.66. The van der Waals surface area contributed by atoms with E-state index >= 15 is 0 Å². The van der Waals surface area contributed by atoms with E-state index in [0.717, 1.165) is 43.5 Å². The second kappa shape index (κ2) is 18.6. The molecule has 1 saturated carbocycles. The maximum absolute atomic E-state index is 13.2. The number of amides is 6. The summed E-state index contributed by atoms with van der Waals surface area (Å²) >= 11 is 0. The molecular weight excluding hydrogens is 700 g/mol. The predicted molar refractivity (Wildman–Crippen MR) is 194 cm³/mol. The van der Waals surface area contributed by atoms with Crippen molar-refractivity contribution in [3.05, 3.63) is 29.3 Å². The van der Waals surface area contributed by atoms with Gasteiger partial charge in [-0.15, -0.1) is 0 Å². The molecule has 296 valence electrons. The Labute approximate surface area is 315 Å². The molecule has 4 unspecified atom stereocenters. The van der Waals surface area contributed by atoms with Crippen LogP contribution >= 0.6 is 0 Å². The van der Waals surface area contributed by atoms with E-state index in [1.807, 2.05) is 0 Å². The zero-order valence-electron chi connectivity index (χ0n) is 31.2. The molecule has 6 N–H and O–H groups in total. The van der Waals surface area contributed by atoms with Crippen molar-refractivity contribution in [3.63, 3.8) is 0 Å². The van der Waals surface area contributed by atoms with Gasteiger partial charge in [-0.2, -0.15) is 0 Å². The highest BCUT2D eigenvalue weighted by Gasteiger charge is 2.46. The summed E-state index contributed by atoms with van der Waals surface area (Å²) in [5, 5.41) is 18.1. The number of rotatable bonds is 18. The number of carbonyl (C=O) groups excluding carboxylic acids is 6. The number of hydrazine groups is 1. The molecule has 0 spiro atoms. The average molecular weight is 755 g/mol. The number of carbonyl (C=O) groups is 6. The van der Waals surface area contributed by atoms with Gasteiger partial charge < -0.3 is 24.8 Å². The minimum atomic E-state index is -1.10. The SMILES string of the molecule is CCC(CC)C1CC(N[C@H]2CC[C@H](NC(=O)COCCOCCNC(=O)COc3cccc4c3C(=O)N(C3CCC(=O)NC3=O)C4=O)C2)N2NCCC2N1. The Morgan fingerprint density at radius 2 is 1.70 bits per heavy atom. The van der Waals surface area contributed by atoms with E-state index in [4.69, 9.17) is 14.2 Å². The molecule has 3 saturated heterocycles. The fourth-order valence-electron chi connectivity index (χ4n) is 8.33. The first kappa shape index (κ1) is 39.7. The molecule has 17 heteroatoms. The van der Waals surface area contributed by atoms with Crippen LogP contribution in [0.3, 0.4) is 0 Å². The van der Waals surface area contributed by atoms with Crippen LogP contribution in [-0.2, 0) is 28.7 Å². The Hall–Kier alpha value is -4.00. The molecule has 17 nitrogen and oxygen atoms in total. The molecule has 1 aliphatic carbocycles. The van der Waals surface area contributed by atoms with Crippen LogP contribution in [0.5, 0.6) is 5.75 Å². The lowest BCUT2D eigenvalue weighted by Gasteiger charge is -2.45. The van der Waals surface area contributed by atoms with E-state index in [1.165, 1.54) is 31.0 Å². The molecule has 4 heterocycles. The van der Waals surface area contributed by atoms with Crippen LogP contribution in [0.15, 0.2) is 18.2 Å². The van der Waals surface area contributed by atoms with Crippen LogP contribution in [0.2, 0.25) is 0 Å². The smallest absolute Gasteiger partial charge is 0.266 e. The first-order valence-corrected chi connectivity index (χ1v) is 19.4. The quantitative estimate of drug-likeness (QED) is 0.0857. The third-order valence-electron chi connectivity index (χ3n) is 11.1. The number of imide groups is 2. The van der Waals surface area contributed by atoms with Gasteiger partial charge in [-0.25, -0.2) is 5.01 Å². The average Bonchev–Trinajstić information content (AvgIpc) is 3.88. The zero-order valence-corrected chi connectivity index (χ0v) is 31.2. The third kappa shape index (κ3) is 9.44. The van der Waals surface area contributed by atoms with Gasteiger partial charge in [-0.3, -0.25) is 55.0 Å². The lowest BCUT2D eigenvalue weighted by molar-refractivity contribution is -0.136. The van der Waals surface area contributed by atoms with E-state index in [2.05, 4.69) is 50.9 Å². The Morgan fingerprint density at radius 3 is 2.50 bits per heavy atom. The fourth-order valence-corrected chi connectivity index (χ4v) is 8.33. The first-order valence-electron chi connectivity index (χ1n) is 19.4. The molecular formula is C37H54N8O9. The van der Waals surface area contributed by atoms with E-state index in [-0.39, 0.29) is 80.8 Å². The van der Waals surface area contributed by atoms with Gasteiger partial charge in [0.2, 0.25) is 17.7 Å². The Bertz CT molecular complexity index is 1560. The van der Waals surface area contributed by atoms with Crippen molar-refractivity contribution in [3.8, 4) is 5.75 Å². The van der Waals surface area contributed by atoms with Gasteiger partial charge in [0.1, 0.15) is 18.4 Å². The van der Waals surface area contributed by atoms with Crippen molar-refractivity contribution in [1.29, 1.82) is 0 Å². The van der Waals surface area contributed by atoms with E-state index in [0.29, 0.717) is 24.2 Å². The molecule has 0 bridgehead atoms. The maximum atomic E-state index is 13.2. The van der Waals surface area contributed by atoms with Crippen LogP contribution < -0.4 is 36.7 Å². The normalized spacial score (nSPS) is 26.9. The monoisotopic (exact) mass is 754 g/mol. The van der Waals surface area contributed by atoms with Gasteiger partial charge in [-0.1, -0.05) is 32.8 Å². The van der Waals surface area contributed by atoms with Gasteiger partial charge in [0, 0.05) is 37.6 Å². The number of fused-ring (bicyclic) bond motifs is 2. The minimum absolute atomic E-state index is 0.0105. The standard InChI is InChI=1S/C37H54N8O9/c1-3-22(4-2)26-19-30(45-29(42-26)12-13-39-45)40-23-8-9-24(18-23)41-33(48)20-53-17-16-52-15-14-38-32(47)21-54-28-7-5-6-25-34(28)37(51)44(36(25)50)27-10-11-31(46)43-35(27)49/h5-7,22-24,26-27,29-30,39-40,42H,3-4,8-21H2,1-2H3,(H,38,47)(H,41,48)(H,43,46,49)/t23-,24-,26?,27?,29?,30?/m0/s1. The number of nitrogens with zero attached hydrogens (tertiary/aromatic N) is 2. The van der Waals surface area contributed by atoms with Gasteiger partial charge in [0.05, 0.1) is 43.3 Å². The van der Waals surface area contributed by atoms with Crippen LogP contribution in [0.1, 0.15) is 92.4 Å². The Morgan fingerprint density at radius 1 is 0.907 bits per heavy atom. The third-order valence-corrected chi connectivity index (χ3v) is 11.1. The molecule has 1 aromatic carbocycles. The van der Waals surface area contributed by atoms with Gasteiger partial charge in [0.25, 0.3) is 17.7 Å². The summed E-state index contributed by atoms with van der Waals surface area (Å²) in [6.07, 6.45) is 8.00.